The number of carboxylic acid groups (broad SMARTS) is 1. The number of nitrogens with zero attached hydrogens (tertiary/aromatic N) is 1. The third-order valence-electron chi connectivity index (χ3n) is 2.08. The summed E-state index contributed by atoms with van der Waals surface area (Å²) in [6, 6.07) is 1.54. The van der Waals surface area contributed by atoms with E-state index < -0.39 is 5.97 Å². The molecule has 0 aromatic carbocycles. The predicted molar refractivity (Wildman–Crippen MR) is 56.6 cm³/mol. The van der Waals surface area contributed by atoms with Gasteiger partial charge in [0.25, 0.3) is 0 Å². The zero-order chi connectivity index (χ0) is 10.8. The molecular weight excluding hydrogens is 214 g/mol. The average Bonchev–Trinajstić information content (AvgIpc) is 3.01. The van der Waals surface area contributed by atoms with Gasteiger partial charge in [0.2, 0.25) is 0 Å². The summed E-state index contributed by atoms with van der Waals surface area (Å²) in [7, 11) is 0. The van der Waals surface area contributed by atoms with Gasteiger partial charge in [-0.3, -0.25) is 0 Å². The number of carbonyl (C=O) groups is 1. The highest BCUT2D eigenvalue weighted by Gasteiger charge is 2.25. The van der Waals surface area contributed by atoms with Gasteiger partial charge in [-0.1, -0.05) is 0 Å². The monoisotopic (exact) mass is 225 g/mol. The fraction of sp³-hybridized carbons (Fsp3) is 0.400. The van der Waals surface area contributed by atoms with Crippen LogP contribution < -0.4 is 4.74 Å². The van der Waals surface area contributed by atoms with Crippen molar-refractivity contribution >= 4 is 17.7 Å². The molecular formula is C10H11NO3S. The number of aromatic nitrogens is 1. The highest BCUT2D eigenvalue weighted by molar-refractivity contribution is 7.98. The van der Waals surface area contributed by atoms with E-state index in [2.05, 4.69) is 4.98 Å². The highest BCUT2D eigenvalue weighted by Crippen LogP contribution is 2.32. The first kappa shape index (κ1) is 10.3. The van der Waals surface area contributed by atoms with Crippen molar-refractivity contribution in [1.82, 2.24) is 4.98 Å². The molecule has 4 nitrogen and oxygen atoms in total. The smallest absolute Gasteiger partial charge is 0.337 e. The number of aromatic carboxylic acids is 1. The van der Waals surface area contributed by atoms with Crippen LogP contribution in [0.5, 0.6) is 5.75 Å². The molecule has 1 N–H and O–H groups in total. The summed E-state index contributed by atoms with van der Waals surface area (Å²) in [6.07, 6.45) is 5.59. The fourth-order valence-electron chi connectivity index (χ4n) is 1.15. The Kier molecular flexibility index (Phi) is 2.81. The third-order valence-corrected chi connectivity index (χ3v) is 2.77. The number of rotatable bonds is 4. The van der Waals surface area contributed by atoms with Gasteiger partial charge in [0, 0.05) is 6.20 Å². The van der Waals surface area contributed by atoms with Gasteiger partial charge in [0.15, 0.2) is 5.75 Å². The molecule has 80 valence electrons. The number of hydrogen-bond acceptors (Lipinski definition) is 4. The van der Waals surface area contributed by atoms with Crippen molar-refractivity contribution in [3.05, 3.63) is 17.8 Å². The van der Waals surface area contributed by atoms with Crippen LogP contribution in [0, 0.1) is 0 Å². The van der Waals surface area contributed by atoms with Gasteiger partial charge in [-0.25, -0.2) is 9.78 Å². The third kappa shape index (κ3) is 2.41. The van der Waals surface area contributed by atoms with Gasteiger partial charge in [-0.15, -0.1) is 11.8 Å². The number of carboxylic acids is 1. The van der Waals surface area contributed by atoms with Crippen molar-refractivity contribution in [2.45, 2.75) is 24.0 Å². The van der Waals surface area contributed by atoms with Gasteiger partial charge >= 0.3 is 5.97 Å². The lowest BCUT2D eigenvalue weighted by Crippen LogP contribution is -2.03. The molecule has 15 heavy (non-hydrogen) atoms. The van der Waals surface area contributed by atoms with Gasteiger partial charge in [-0.05, 0) is 25.2 Å². The molecule has 2 rings (SSSR count). The molecule has 0 bridgehead atoms. The number of ether oxygens (including phenoxy) is 1. The minimum Gasteiger partial charge on any atom is -0.488 e. The molecule has 0 spiro atoms. The van der Waals surface area contributed by atoms with E-state index in [1.165, 1.54) is 18.0 Å². The normalized spacial score (nSPS) is 15.0. The molecule has 0 atom stereocenters. The Morgan fingerprint density at radius 1 is 1.67 bits per heavy atom. The maximum absolute atomic E-state index is 10.8. The summed E-state index contributed by atoms with van der Waals surface area (Å²) in [5, 5.41) is 9.56. The zero-order valence-corrected chi connectivity index (χ0v) is 9.08. The quantitative estimate of drug-likeness (QED) is 0.794. The van der Waals surface area contributed by atoms with Crippen molar-refractivity contribution < 1.29 is 14.6 Å². The van der Waals surface area contributed by atoms with Crippen molar-refractivity contribution in [3.8, 4) is 5.75 Å². The van der Waals surface area contributed by atoms with Crippen LogP contribution in [0.4, 0.5) is 0 Å². The Balaban J connectivity index is 2.28. The summed E-state index contributed by atoms with van der Waals surface area (Å²) in [4.78, 5) is 14.8. The molecule has 0 unspecified atom stereocenters. The first-order chi connectivity index (χ1) is 7.20. The van der Waals surface area contributed by atoms with Crippen LogP contribution in [0.2, 0.25) is 0 Å². The Bertz CT molecular complexity index is 390. The second-order valence-corrected chi connectivity index (χ2v) is 4.15. The van der Waals surface area contributed by atoms with Crippen molar-refractivity contribution in [2.24, 2.45) is 0 Å². The van der Waals surface area contributed by atoms with E-state index in [1.54, 1.807) is 6.07 Å². The Morgan fingerprint density at radius 3 is 2.93 bits per heavy atom. The lowest BCUT2D eigenvalue weighted by atomic mass is 10.3. The molecule has 1 heterocycles. The molecule has 1 aromatic heterocycles. The first-order valence-corrected chi connectivity index (χ1v) is 5.87. The van der Waals surface area contributed by atoms with Crippen LogP contribution in [0.15, 0.2) is 17.3 Å². The minimum absolute atomic E-state index is 0.170. The van der Waals surface area contributed by atoms with Gasteiger partial charge < -0.3 is 9.84 Å². The summed E-state index contributed by atoms with van der Waals surface area (Å²) in [5.41, 5.74) is 0.170. The molecule has 0 aliphatic heterocycles. The number of thioether (sulfide) groups is 1. The summed E-state index contributed by atoms with van der Waals surface area (Å²) < 4.78 is 5.59. The first-order valence-electron chi connectivity index (χ1n) is 4.64. The Hall–Kier alpha value is -1.23. The van der Waals surface area contributed by atoms with E-state index in [4.69, 9.17) is 9.84 Å². The van der Waals surface area contributed by atoms with Crippen molar-refractivity contribution in [2.75, 3.05) is 6.26 Å². The zero-order valence-electron chi connectivity index (χ0n) is 8.27. The van der Waals surface area contributed by atoms with E-state index in [0.29, 0.717) is 5.75 Å². The molecule has 1 saturated carbocycles. The van der Waals surface area contributed by atoms with Crippen LogP contribution in [-0.4, -0.2) is 28.4 Å². The van der Waals surface area contributed by atoms with Crippen LogP contribution >= 0.6 is 11.8 Å². The van der Waals surface area contributed by atoms with Gasteiger partial charge in [-0.2, -0.15) is 0 Å². The minimum atomic E-state index is -0.976. The van der Waals surface area contributed by atoms with Crippen molar-refractivity contribution in [3.63, 3.8) is 0 Å². The van der Waals surface area contributed by atoms with E-state index in [1.807, 2.05) is 6.26 Å². The van der Waals surface area contributed by atoms with Gasteiger partial charge in [0.05, 0.1) is 11.7 Å². The predicted octanol–water partition coefficient (Wildman–Crippen LogP) is 2.04. The molecule has 5 heteroatoms. The molecule has 0 amide bonds. The van der Waals surface area contributed by atoms with E-state index in [9.17, 15) is 4.79 Å². The van der Waals surface area contributed by atoms with E-state index in [0.717, 1.165) is 17.9 Å². The second-order valence-electron chi connectivity index (χ2n) is 3.35. The SMILES string of the molecule is CSc1ncc(C(=O)O)cc1OC1CC1. The van der Waals surface area contributed by atoms with Crippen LogP contribution in [0.1, 0.15) is 23.2 Å². The molecule has 1 aliphatic rings. The van der Waals surface area contributed by atoms with E-state index in [-0.39, 0.29) is 11.7 Å². The Morgan fingerprint density at radius 2 is 2.40 bits per heavy atom. The van der Waals surface area contributed by atoms with Crippen LogP contribution in [0.25, 0.3) is 0 Å². The summed E-state index contributed by atoms with van der Waals surface area (Å²) in [5.74, 6) is -0.388. The lowest BCUT2D eigenvalue weighted by Gasteiger charge is -2.08. The maximum atomic E-state index is 10.8. The summed E-state index contributed by atoms with van der Waals surface area (Å²) in [6.45, 7) is 0. The topological polar surface area (TPSA) is 59.4 Å². The second kappa shape index (κ2) is 4.10. The lowest BCUT2D eigenvalue weighted by molar-refractivity contribution is 0.0695. The molecule has 1 aliphatic carbocycles. The molecule has 1 aromatic rings. The number of pyridine rings is 1. The van der Waals surface area contributed by atoms with Crippen molar-refractivity contribution in [1.29, 1.82) is 0 Å². The molecule has 0 radical (unpaired) electrons. The maximum Gasteiger partial charge on any atom is 0.337 e. The largest absolute Gasteiger partial charge is 0.488 e. The standard InChI is InChI=1S/C10H11NO3S/c1-15-9-8(14-7-2-3-7)4-6(5-11-9)10(12)13/h4-5,7H,2-3H2,1H3,(H,12,13). The summed E-state index contributed by atoms with van der Waals surface area (Å²) >= 11 is 1.46. The molecule has 1 fully saturated rings. The average molecular weight is 225 g/mol. The molecule has 0 saturated heterocycles. The van der Waals surface area contributed by atoms with Crippen LogP contribution in [0.3, 0.4) is 0 Å². The van der Waals surface area contributed by atoms with Gasteiger partial charge in [0.1, 0.15) is 5.03 Å². The van der Waals surface area contributed by atoms with E-state index >= 15 is 0 Å². The van der Waals surface area contributed by atoms with Crippen LogP contribution in [-0.2, 0) is 0 Å². The Labute approximate surface area is 91.7 Å². The fourth-order valence-corrected chi connectivity index (χ4v) is 1.62. The number of hydrogen-bond donors (Lipinski definition) is 1. The highest BCUT2D eigenvalue weighted by atomic mass is 32.2.